The number of aliphatic imine (C=N–C) groups is 1. The van der Waals surface area contributed by atoms with Gasteiger partial charge in [0.05, 0.1) is 11.3 Å². The lowest BCUT2D eigenvalue weighted by Gasteiger charge is -2.06. The molecule has 9 nitrogen and oxygen atoms in total. The summed E-state index contributed by atoms with van der Waals surface area (Å²) in [6.45, 7) is 4.05. The first kappa shape index (κ1) is 20.5. The van der Waals surface area contributed by atoms with Gasteiger partial charge in [0.1, 0.15) is 0 Å². The molecule has 0 unspecified atom stereocenters. The van der Waals surface area contributed by atoms with E-state index in [1.165, 1.54) is 10.6 Å². The molecule has 3 heterocycles. The molecule has 0 fully saturated rings. The highest BCUT2D eigenvalue weighted by Crippen LogP contribution is 2.37. The number of amides is 1. The van der Waals surface area contributed by atoms with Crippen molar-refractivity contribution in [1.29, 1.82) is 0 Å². The minimum Gasteiger partial charge on any atom is -0.494 e. The number of benzene rings is 2. The number of rotatable bonds is 4. The number of carbonyl (C=O) groups excluding carboxylic acids is 1. The number of nitrogens with zero attached hydrogens (tertiary/aromatic N) is 6. The van der Waals surface area contributed by atoms with Crippen LogP contribution in [0.4, 0.5) is 5.82 Å². The Labute approximate surface area is 188 Å². The topological polar surface area (TPSA) is 125 Å². The van der Waals surface area contributed by atoms with E-state index < -0.39 is 5.91 Å². The van der Waals surface area contributed by atoms with Gasteiger partial charge in [-0.2, -0.15) is 10.1 Å². The second kappa shape index (κ2) is 7.94. The summed E-state index contributed by atoms with van der Waals surface area (Å²) in [6, 6.07) is 14.5. The van der Waals surface area contributed by atoms with Crippen LogP contribution in [0.5, 0.6) is 11.8 Å². The van der Waals surface area contributed by atoms with Gasteiger partial charge >= 0.3 is 0 Å². The summed E-state index contributed by atoms with van der Waals surface area (Å²) in [5.74, 6) is -0.180. The summed E-state index contributed by atoms with van der Waals surface area (Å²) < 4.78 is 1.43. The lowest BCUT2D eigenvalue weighted by molar-refractivity contribution is 0.100. The lowest BCUT2D eigenvalue weighted by Crippen LogP contribution is -2.05. The molecule has 9 heteroatoms. The van der Waals surface area contributed by atoms with Crippen molar-refractivity contribution in [3.05, 3.63) is 76.5 Å². The van der Waals surface area contributed by atoms with Crippen molar-refractivity contribution in [1.82, 2.24) is 14.8 Å². The molecular weight excluding hydrogens is 420 g/mol. The van der Waals surface area contributed by atoms with Gasteiger partial charge in [-0.1, -0.05) is 30.3 Å². The standard InChI is InChI=1S/C24H20N6O3/c1-13-14(2)26-28-21-19(13)20(27-29-21)25-22(31)16-8-9-17-18(12-16)24(33)30(23(17)32)11-10-15-6-4-3-5-7-15/h3-9,12,32-33H,10-11H2,1-2H3. The molecule has 4 aromatic rings. The fraction of sp³-hybridized carbons (Fsp3) is 0.167. The van der Waals surface area contributed by atoms with Crippen LogP contribution in [0.2, 0.25) is 0 Å². The van der Waals surface area contributed by atoms with E-state index in [0.717, 1.165) is 11.1 Å². The van der Waals surface area contributed by atoms with Crippen LogP contribution in [0.25, 0.3) is 10.8 Å². The van der Waals surface area contributed by atoms with Crippen molar-refractivity contribution in [2.45, 2.75) is 26.8 Å². The van der Waals surface area contributed by atoms with Crippen LogP contribution < -0.4 is 0 Å². The van der Waals surface area contributed by atoms with Crippen molar-refractivity contribution in [2.24, 2.45) is 15.2 Å². The van der Waals surface area contributed by atoms with Crippen molar-refractivity contribution in [3.63, 3.8) is 0 Å². The number of aryl methyl sites for hydroxylation is 2. The molecule has 1 aliphatic rings. The van der Waals surface area contributed by atoms with Crippen LogP contribution in [0, 0.1) is 13.8 Å². The molecule has 0 bridgehead atoms. The van der Waals surface area contributed by atoms with E-state index in [0.29, 0.717) is 40.8 Å². The second-order valence-electron chi connectivity index (χ2n) is 7.84. The maximum Gasteiger partial charge on any atom is 0.279 e. The largest absolute Gasteiger partial charge is 0.494 e. The molecule has 5 rings (SSSR count). The lowest BCUT2D eigenvalue weighted by atomic mass is 10.1. The average molecular weight is 440 g/mol. The van der Waals surface area contributed by atoms with Gasteiger partial charge in [-0.15, -0.1) is 15.3 Å². The Morgan fingerprint density at radius 1 is 0.970 bits per heavy atom. The van der Waals surface area contributed by atoms with E-state index in [4.69, 9.17) is 0 Å². The maximum atomic E-state index is 12.9. The summed E-state index contributed by atoms with van der Waals surface area (Å²) >= 11 is 0. The van der Waals surface area contributed by atoms with Gasteiger partial charge in [0, 0.05) is 22.9 Å². The number of fused-ring (bicyclic) bond motifs is 2. The molecule has 1 aliphatic heterocycles. The third-order valence-corrected chi connectivity index (χ3v) is 5.83. The van der Waals surface area contributed by atoms with Gasteiger partial charge in [0.2, 0.25) is 17.6 Å². The minimum absolute atomic E-state index is 0.0491. The van der Waals surface area contributed by atoms with E-state index in [1.54, 1.807) is 12.1 Å². The van der Waals surface area contributed by atoms with Crippen LogP contribution in [0.15, 0.2) is 63.8 Å². The molecular formula is C24H20N6O3. The highest BCUT2D eigenvalue weighted by molar-refractivity contribution is 6.14. The van der Waals surface area contributed by atoms with Crippen molar-refractivity contribution >= 4 is 28.3 Å². The molecule has 2 N–H and O–H groups in total. The van der Waals surface area contributed by atoms with Crippen molar-refractivity contribution in [3.8, 4) is 11.8 Å². The monoisotopic (exact) mass is 440 g/mol. The quantitative estimate of drug-likeness (QED) is 0.487. The van der Waals surface area contributed by atoms with Crippen LogP contribution in [-0.2, 0) is 13.0 Å². The predicted molar refractivity (Wildman–Crippen MR) is 122 cm³/mol. The van der Waals surface area contributed by atoms with Crippen molar-refractivity contribution < 1.29 is 15.0 Å². The third kappa shape index (κ3) is 3.53. The molecule has 2 aromatic heterocycles. The zero-order valence-electron chi connectivity index (χ0n) is 18.0. The maximum absolute atomic E-state index is 12.9. The van der Waals surface area contributed by atoms with Crippen molar-refractivity contribution in [2.75, 3.05) is 0 Å². The molecule has 0 saturated heterocycles. The Bertz CT molecular complexity index is 1470. The zero-order chi connectivity index (χ0) is 23.1. The average Bonchev–Trinajstić information content (AvgIpc) is 3.34. The van der Waals surface area contributed by atoms with Crippen LogP contribution >= 0.6 is 0 Å². The Morgan fingerprint density at radius 3 is 2.52 bits per heavy atom. The number of aromatic hydroxyl groups is 2. The number of hydrogen-bond acceptors (Lipinski definition) is 6. The third-order valence-electron chi connectivity index (χ3n) is 5.83. The molecule has 33 heavy (non-hydrogen) atoms. The summed E-state index contributed by atoms with van der Waals surface area (Å²) in [5, 5.41) is 38.1. The molecule has 0 saturated carbocycles. The van der Waals surface area contributed by atoms with Gasteiger partial charge in [-0.25, -0.2) is 0 Å². The SMILES string of the molecule is Cc1nnc2c(c1C)C(=NC(=O)c1ccc3c(O)n(CCc4ccccc4)c(O)c3c1)N=N2. The number of azo groups is 1. The van der Waals surface area contributed by atoms with Gasteiger partial charge in [-0.05, 0) is 49.6 Å². The molecule has 0 atom stereocenters. The summed E-state index contributed by atoms with van der Waals surface area (Å²) in [7, 11) is 0. The second-order valence-corrected chi connectivity index (χ2v) is 7.84. The van der Waals surface area contributed by atoms with Crippen LogP contribution in [-0.4, -0.2) is 36.7 Å². The van der Waals surface area contributed by atoms with E-state index in [9.17, 15) is 15.0 Å². The molecule has 0 aliphatic carbocycles. The summed E-state index contributed by atoms with van der Waals surface area (Å²) in [4.78, 5) is 17.0. The number of hydrogen-bond donors (Lipinski definition) is 2. The minimum atomic E-state index is -0.538. The number of aromatic nitrogens is 3. The Balaban J connectivity index is 1.46. The molecule has 2 aromatic carbocycles. The Morgan fingerprint density at radius 2 is 1.73 bits per heavy atom. The van der Waals surface area contributed by atoms with Gasteiger partial charge in [0.25, 0.3) is 5.91 Å². The van der Waals surface area contributed by atoms with Gasteiger partial charge < -0.3 is 10.2 Å². The fourth-order valence-corrected chi connectivity index (χ4v) is 3.86. The first-order valence-corrected chi connectivity index (χ1v) is 10.4. The van der Waals surface area contributed by atoms with Crippen LogP contribution in [0.3, 0.4) is 0 Å². The normalized spacial score (nSPS) is 13.7. The predicted octanol–water partition coefficient (Wildman–Crippen LogP) is 4.39. The molecule has 1 amide bonds. The molecule has 0 radical (unpaired) electrons. The fourth-order valence-electron chi connectivity index (χ4n) is 3.86. The summed E-state index contributed by atoms with van der Waals surface area (Å²) in [5.41, 5.74) is 3.45. The molecule has 0 spiro atoms. The van der Waals surface area contributed by atoms with E-state index >= 15 is 0 Å². The summed E-state index contributed by atoms with van der Waals surface area (Å²) in [6.07, 6.45) is 0.633. The number of amidine groups is 1. The first-order chi connectivity index (χ1) is 15.9. The number of carbonyl (C=O) groups is 1. The van der Waals surface area contributed by atoms with E-state index in [-0.39, 0.29) is 23.2 Å². The van der Waals surface area contributed by atoms with Crippen LogP contribution in [0.1, 0.15) is 32.7 Å². The first-order valence-electron chi connectivity index (χ1n) is 10.4. The Kier molecular flexibility index (Phi) is 4.93. The highest BCUT2D eigenvalue weighted by Gasteiger charge is 2.24. The highest BCUT2D eigenvalue weighted by atomic mass is 16.3. The van der Waals surface area contributed by atoms with Gasteiger partial charge in [-0.3, -0.25) is 9.36 Å². The Hall–Kier alpha value is -4.40. The zero-order valence-corrected chi connectivity index (χ0v) is 18.0. The van der Waals surface area contributed by atoms with E-state index in [1.807, 2.05) is 44.2 Å². The van der Waals surface area contributed by atoms with Gasteiger partial charge in [0.15, 0.2) is 5.84 Å². The van der Waals surface area contributed by atoms with E-state index in [2.05, 4.69) is 25.4 Å². The smallest absolute Gasteiger partial charge is 0.279 e. The molecule has 164 valence electrons.